The maximum absolute atomic E-state index is 12.8. The highest BCUT2D eigenvalue weighted by molar-refractivity contribution is 5.93. The van der Waals surface area contributed by atoms with E-state index in [9.17, 15) is 18.0 Å². The van der Waals surface area contributed by atoms with Crippen LogP contribution in [0.25, 0.3) is 0 Å². The molecule has 0 saturated carbocycles. The molecule has 0 fully saturated rings. The summed E-state index contributed by atoms with van der Waals surface area (Å²) in [7, 11) is 0. The van der Waals surface area contributed by atoms with E-state index in [-0.39, 0.29) is 24.6 Å². The van der Waals surface area contributed by atoms with E-state index in [1.54, 1.807) is 12.1 Å². The van der Waals surface area contributed by atoms with Gasteiger partial charge in [-0.15, -0.1) is 12.4 Å². The maximum atomic E-state index is 12.8. The number of alkyl halides is 3. The minimum Gasteiger partial charge on any atom is -0.468 e. The minimum absolute atomic E-state index is 0. The van der Waals surface area contributed by atoms with E-state index in [0.29, 0.717) is 12.3 Å². The molecule has 8 heteroatoms. The molecule has 0 radical (unpaired) electrons. The Morgan fingerprint density at radius 1 is 1.14 bits per heavy atom. The number of anilines is 1. The Morgan fingerprint density at radius 3 is 2.50 bits per heavy atom. The predicted octanol–water partition coefficient (Wildman–Crippen LogP) is 3.45. The number of amides is 1. The van der Waals surface area contributed by atoms with Crippen molar-refractivity contribution in [3.63, 3.8) is 0 Å². The molecule has 2 N–H and O–H groups in total. The van der Waals surface area contributed by atoms with Crippen LogP contribution in [0.4, 0.5) is 18.9 Å². The molecule has 0 aliphatic carbocycles. The van der Waals surface area contributed by atoms with Crippen molar-refractivity contribution < 1.29 is 22.4 Å². The van der Waals surface area contributed by atoms with Crippen molar-refractivity contribution in [1.29, 1.82) is 0 Å². The molecule has 1 amide bonds. The monoisotopic (exact) mass is 334 g/mol. The fourth-order valence-electron chi connectivity index (χ4n) is 1.75. The number of carbonyl (C=O) groups excluding carboxylic acids is 1. The van der Waals surface area contributed by atoms with Gasteiger partial charge in [0.2, 0.25) is 5.91 Å². The zero-order valence-electron chi connectivity index (χ0n) is 11.3. The largest absolute Gasteiger partial charge is 0.468 e. The second-order valence-electron chi connectivity index (χ2n) is 4.27. The lowest BCUT2D eigenvalue weighted by Gasteiger charge is -2.13. The summed E-state index contributed by atoms with van der Waals surface area (Å²) in [6.07, 6.45) is -3.01. The standard InChI is InChI=1S/C14H13F3N2O2.ClH/c15-14(16,17)11-5-1-2-6-12(11)19-13(20)9-18-8-10-4-3-7-21-10;/h1-7,18H,8-9H2,(H,19,20);1H. The lowest BCUT2D eigenvalue weighted by molar-refractivity contribution is -0.137. The molecule has 1 aromatic heterocycles. The average molecular weight is 335 g/mol. The second kappa shape index (κ2) is 7.86. The summed E-state index contributed by atoms with van der Waals surface area (Å²) in [5.41, 5.74) is -1.13. The Bertz CT molecular complexity index is 600. The third-order valence-corrected chi connectivity index (χ3v) is 2.67. The van der Waals surface area contributed by atoms with Crippen molar-refractivity contribution in [3.8, 4) is 0 Å². The second-order valence-corrected chi connectivity index (χ2v) is 4.27. The molecule has 0 spiro atoms. The molecule has 1 aromatic carbocycles. The molecule has 4 nitrogen and oxygen atoms in total. The molecule has 0 unspecified atom stereocenters. The number of benzene rings is 1. The van der Waals surface area contributed by atoms with Gasteiger partial charge in [0.25, 0.3) is 0 Å². The highest BCUT2D eigenvalue weighted by atomic mass is 35.5. The summed E-state index contributed by atoms with van der Waals surface area (Å²) in [6.45, 7) is 0.203. The van der Waals surface area contributed by atoms with Crippen LogP contribution in [-0.4, -0.2) is 12.5 Å². The Labute approximate surface area is 131 Å². The highest BCUT2D eigenvalue weighted by Gasteiger charge is 2.33. The van der Waals surface area contributed by atoms with Crippen LogP contribution < -0.4 is 10.6 Å². The van der Waals surface area contributed by atoms with Gasteiger partial charge in [-0.1, -0.05) is 12.1 Å². The average Bonchev–Trinajstić information content (AvgIpc) is 2.91. The van der Waals surface area contributed by atoms with Crippen LogP contribution in [-0.2, 0) is 17.5 Å². The number of rotatable bonds is 5. The molecule has 0 bridgehead atoms. The van der Waals surface area contributed by atoms with Crippen LogP contribution >= 0.6 is 12.4 Å². The normalized spacial score (nSPS) is 10.9. The minimum atomic E-state index is -4.51. The Balaban J connectivity index is 0.00000242. The van der Waals surface area contributed by atoms with Gasteiger partial charge in [0.05, 0.1) is 30.6 Å². The van der Waals surface area contributed by atoms with Gasteiger partial charge in [0.15, 0.2) is 0 Å². The summed E-state index contributed by atoms with van der Waals surface area (Å²) in [5.74, 6) is 0.0803. The van der Waals surface area contributed by atoms with Crippen molar-refractivity contribution in [2.75, 3.05) is 11.9 Å². The molecular weight excluding hydrogens is 321 g/mol. The van der Waals surface area contributed by atoms with Crippen molar-refractivity contribution in [2.45, 2.75) is 12.7 Å². The topological polar surface area (TPSA) is 54.3 Å². The molecule has 0 atom stereocenters. The molecule has 2 rings (SSSR count). The van der Waals surface area contributed by atoms with Gasteiger partial charge in [-0.25, -0.2) is 0 Å². The summed E-state index contributed by atoms with van der Waals surface area (Å²) in [6, 6.07) is 8.27. The number of hydrogen-bond acceptors (Lipinski definition) is 3. The predicted molar refractivity (Wildman–Crippen MR) is 77.7 cm³/mol. The fraction of sp³-hybridized carbons (Fsp3) is 0.214. The summed E-state index contributed by atoms with van der Waals surface area (Å²) >= 11 is 0. The molecule has 0 aliphatic heterocycles. The SMILES string of the molecule is Cl.O=C(CNCc1ccco1)Nc1ccccc1C(F)(F)F. The highest BCUT2D eigenvalue weighted by Crippen LogP contribution is 2.34. The van der Waals surface area contributed by atoms with Crippen LogP contribution in [0.15, 0.2) is 47.1 Å². The van der Waals surface area contributed by atoms with E-state index in [2.05, 4.69) is 10.6 Å². The lowest BCUT2D eigenvalue weighted by atomic mass is 10.1. The van der Waals surface area contributed by atoms with Crippen LogP contribution in [0.5, 0.6) is 0 Å². The molecule has 120 valence electrons. The van der Waals surface area contributed by atoms with Crippen LogP contribution in [0, 0.1) is 0 Å². The first-order valence-electron chi connectivity index (χ1n) is 6.16. The van der Waals surface area contributed by atoms with E-state index < -0.39 is 17.6 Å². The van der Waals surface area contributed by atoms with E-state index in [4.69, 9.17) is 4.42 Å². The number of nitrogens with one attached hydrogen (secondary N) is 2. The summed E-state index contributed by atoms with van der Waals surface area (Å²) in [5, 5.41) is 5.02. The Hall–Kier alpha value is -1.99. The Kier molecular flexibility index (Phi) is 6.45. The van der Waals surface area contributed by atoms with Crippen LogP contribution in [0.3, 0.4) is 0 Å². The first-order chi connectivity index (χ1) is 9.97. The zero-order valence-corrected chi connectivity index (χ0v) is 12.1. The molecule has 22 heavy (non-hydrogen) atoms. The molecule has 0 saturated heterocycles. The first kappa shape index (κ1) is 18.1. The first-order valence-corrected chi connectivity index (χ1v) is 6.16. The van der Waals surface area contributed by atoms with Gasteiger partial charge in [-0.3, -0.25) is 4.79 Å². The summed E-state index contributed by atoms with van der Waals surface area (Å²) in [4.78, 5) is 11.6. The van der Waals surface area contributed by atoms with E-state index in [1.807, 2.05) is 0 Å². The van der Waals surface area contributed by atoms with E-state index in [1.165, 1.54) is 24.5 Å². The van der Waals surface area contributed by atoms with Crippen molar-refractivity contribution in [2.24, 2.45) is 0 Å². The van der Waals surface area contributed by atoms with Crippen molar-refractivity contribution >= 4 is 24.0 Å². The van der Waals surface area contributed by atoms with Crippen LogP contribution in [0.2, 0.25) is 0 Å². The number of halogens is 4. The molecular formula is C14H14ClF3N2O2. The number of para-hydroxylation sites is 1. The van der Waals surface area contributed by atoms with E-state index >= 15 is 0 Å². The molecule has 0 aliphatic rings. The van der Waals surface area contributed by atoms with Crippen molar-refractivity contribution in [1.82, 2.24) is 5.32 Å². The van der Waals surface area contributed by atoms with E-state index in [0.717, 1.165) is 6.07 Å². The third kappa shape index (κ3) is 5.09. The van der Waals surface area contributed by atoms with Gasteiger partial charge >= 0.3 is 6.18 Å². The van der Waals surface area contributed by atoms with Gasteiger partial charge < -0.3 is 15.1 Å². The van der Waals surface area contributed by atoms with Crippen LogP contribution in [0.1, 0.15) is 11.3 Å². The number of carbonyl (C=O) groups is 1. The summed E-state index contributed by atoms with van der Waals surface area (Å²) < 4.78 is 43.3. The van der Waals surface area contributed by atoms with Crippen molar-refractivity contribution in [3.05, 3.63) is 54.0 Å². The lowest BCUT2D eigenvalue weighted by Crippen LogP contribution is -2.28. The molecule has 2 aromatic rings. The third-order valence-electron chi connectivity index (χ3n) is 2.67. The zero-order chi connectivity index (χ0) is 15.3. The van der Waals surface area contributed by atoms with Gasteiger partial charge in [-0.05, 0) is 24.3 Å². The molecule has 1 heterocycles. The fourth-order valence-corrected chi connectivity index (χ4v) is 1.75. The van der Waals surface area contributed by atoms with Gasteiger partial charge in [0.1, 0.15) is 5.76 Å². The van der Waals surface area contributed by atoms with Gasteiger partial charge in [-0.2, -0.15) is 13.2 Å². The van der Waals surface area contributed by atoms with Gasteiger partial charge in [0, 0.05) is 0 Å². The maximum Gasteiger partial charge on any atom is 0.418 e. The number of hydrogen-bond donors (Lipinski definition) is 2. The number of furan rings is 1. The quantitative estimate of drug-likeness (QED) is 0.880. The smallest absolute Gasteiger partial charge is 0.418 e. The Morgan fingerprint density at radius 2 is 1.86 bits per heavy atom.